The highest BCUT2D eigenvalue weighted by atomic mass is 32.2. The highest BCUT2D eigenvalue weighted by molar-refractivity contribution is 7.86. The van der Waals surface area contributed by atoms with E-state index in [2.05, 4.69) is 0 Å². The van der Waals surface area contributed by atoms with E-state index in [-0.39, 0.29) is 11.5 Å². The minimum atomic E-state index is -4.03. The molecule has 174 valence electrons. The van der Waals surface area contributed by atoms with Crippen molar-refractivity contribution in [2.24, 2.45) is 0 Å². The van der Waals surface area contributed by atoms with Crippen LogP contribution in [0.5, 0.6) is 0 Å². The molecule has 0 aliphatic carbocycles. The summed E-state index contributed by atoms with van der Waals surface area (Å²) < 4.78 is 53.7. The van der Waals surface area contributed by atoms with Gasteiger partial charge in [-0.3, -0.25) is 4.18 Å². The van der Waals surface area contributed by atoms with Gasteiger partial charge in [0, 0.05) is 0 Å². The van der Waals surface area contributed by atoms with Crippen LogP contribution in [-0.4, -0.2) is 56.6 Å². The molecule has 32 heavy (non-hydrogen) atoms. The molecule has 0 unspecified atom stereocenters. The number of hydrogen-bond donors (Lipinski definition) is 1. The number of fused-ring (bicyclic) bond motifs is 1. The molecule has 2 aliphatic rings. The first-order valence-corrected chi connectivity index (χ1v) is 11.9. The van der Waals surface area contributed by atoms with Crippen LogP contribution < -0.4 is 0 Å². The van der Waals surface area contributed by atoms with E-state index < -0.39 is 53.2 Å². The minimum absolute atomic E-state index is 0.0183. The maximum absolute atomic E-state index is 12.5. The lowest BCUT2D eigenvalue weighted by atomic mass is 10.1. The van der Waals surface area contributed by atoms with E-state index in [0.29, 0.717) is 0 Å². The first-order chi connectivity index (χ1) is 15.1. The lowest BCUT2D eigenvalue weighted by Gasteiger charge is -2.28. The summed E-state index contributed by atoms with van der Waals surface area (Å²) in [5.74, 6) is -0.856. The van der Waals surface area contributed by atoms with E-state index in [1.165, 1.54) is 12.1 Å². The van der Waals surface area contributed by atoms with Gasteiger partial charge in [-0.15, -0.1) is 0 Å². The van der Waals surface area contributed by atoms with Gasteiger partial charge in [-0.2, -0.15) is 8.42 Å². The monoisotopic (exact) mass is 464 g/mol. The standard InChI is InChI=1S/C23H28O8S/c1-15-9-11-17(12-10-15)32(25,26)28-14-18(24)19-20(27-13-16-7-5-4-6-8-16)21-22(29-19)31-23(2,3)30-21/h4-12,18-22,24H,13-14H2,1-3H3/t18-,19-,20-,21-,22-/m1/s1. The van der Waals surface area contributed by atoms with Crippen LogP contribution in [0.15, 0.2) is 59.5 Å². The average molecular weight is 465 g/mol. The Hall–Kier alpha value is -1.85. The summed E-state index contributed by atoms with van der Waals surface area (Å²) in [6.45, 7) is 5.18. The van der Waals surface area contributed by atoms with Crippen LogP contribution in [0.1, 0.15) is 25.0 Å². The summed E-state index contributed by atoms with van der Waals surface area (Å²) in [5.41, 5.74) is 1.87. The van der Waals surface area contributed by atoms with E-state index in [0.717, 1.165) is 11.1 Å². The van der Waals surface area contributed by atoms with Gasteiger partial charge in [0.05, 0.1) is 18.1 Å². The molecule has 0 spiro atoms. The molecule has 4 rings (SSSR count). The Labute approximate surface area is 188 Å². The third-order valence-electron chi connectivity index (χ3n) is 5.40. The molecule has 0 amide bonds. The quantitative estimate of drug-likeness (QED) is 0.595. The molecule has 9 heteroatoms. The maximum Gasteiger partial charge on any atom is 0.297 e. The Morgan fingerprint density at radius 2 is 1.75 bits per heavy atom. The number of aryl methyl sites for hydroxylation is 1. The SMILES string of the molecule is Cc1ccc(S(=O)(=O)OC[C@@H](O)[C@H]2O[C@@H]3OC(C)(C)O[C@@H]3[C@@H]2OCc2ccccc2)cc1. The van der Waals surface area contributed by atoms with E-state index in [4.69, 9.17) is 23.1 Å². The second-order valence-electron chi connectivity index (χ2n) is 8.45. The van der Waals surface area contributed by atoms with Crippen molar-refractivity contribution >= 4 is 10.1 Å². The van der Waals surface area contributed by atoms with E-state index in [9.17, 15) is 13.5 Å². The van der Waals surface area contributed by atoms with Gasteiger partial charge in [-0.05, 0) is 38.5 Å². The third kappa shape index (κ3) is 5.20. The summed E-state index contributed by atoms with van der Waals surface area (Å²) in [4.78, 5) is 0.0183. The molecule has 0 aromatic heterocycles. The van der Waals surface area contributed by atoms with E-state index in [1.807, 2.05) is 37.3 Å². The van der Waals surface area contributed by atoms with Gasteiger partial charge < -0.3 is 24.1 Å². The van der Waals surface area contributed by atoms with Gasteiger partial charge in [0.15, 0.2) is 12.1 Å². The Balaban J connectivity index is 1.44. The summed E-state index contributed by atoms with van der Waals surface area (Å²) in [5, 5.41) is 10.8. The van der Waals surface area contributed by atoms with Crippen LogP contribution in [0, 0.1) is 6.92 Å². The fourth-order valence-corrected chi connectivity index (χ4v) is 4.72. The van der Waals surface area contributed by atoms with Crippen molar-refractivity contribution in [1.82, 2.24) is 0 Å². The Kier molecular flexibility index (Phi) is 6.69. The normalized spacial score (nSPS) is 27.9. The molecule has 5 atom stereocenters. The number of hydrogen-bond acceptors (Lipinski definition) is 8. The second-order valence-corrected chi connectivity index (χ2v) is 10.1. The fourth-order valence-electron chi connectivity index (χ4n) is 3.80. The van der Waals surface area contributed by atoms with Gasteiger partial charge in [0.25, 0.3) is 10.1 Å². The second kappa shape index (κ2) is 9.18. The Morgan fingerprint density at radius 3 is 2.44 bits per heavy atom. The van der Waals surface area contributed by atoms with Crippen LogP contribution in [0.3, 0.4) is 0 Å². The highest BCUT2D eigenvalue weighted by Gasteiger charge is 2.57. The molecule has 2 aromatic carbocycles. The van der Waals surface area contributed by atoms with Gasteiger partial charge >= 0.3 is 0 Å². The summed E-state index contributed by atoms with van der Waals surface area (Å²) >= 11 is 0. The lowest BCUT2D eigenvalue weighted by Crippen LogP contribution is -2.44. The van der Waals surface area contributed by atoms with Gasteiger partial charge in [-0.25, -0.2) is 0 Å². The molecule has 1 N–H and O–H groups in total. The number of ether oxygens (including phenoxy) is 4. The lowest BCUT2D eigenvalue weighted by molar-refractivity contribution is -0.231. The molecule has 2 fully saturated rings. The zero-order chi connectivity index (χ0) is 22.9. The van der Waals surface area contributed by atoms with Crippen LogP contribution in [0.2, 0.25) is 0 Å². The zero-order valence-electron chi connectivity index (χ0n) is 18.2. The smallest absolute Gasteiger partial charge is 0.297 e. The largest absolute Gasteiger partial charge is 0.388 e. The van der Waals surface area contributed by atoms with E-state index in [1.54, 1.807) is 26.0 Å². The molecule has 2 aliphatic heterocycles. The van der Waals surface area contributed by atoms with Crippen LogP contribution >= 0.6 is 0 Å². The number of rotatable bonds is 8. The van der Waals surface area contributed by atoms with E-state index >= 15 is 0 Å². The average Bonchev–Trinajstić information content (AvgIpc) is 3.23. The summed E-state index contributed by atoms with van der Waals surface area (Å²) in [7, 11) is -4.03. The van der Waals surface area contributed by atoms with Crippen LogP contribution in [0.25, 0.3) is 0 Å². The summed E-state index contributed by atoms with van der Waals surface area (Å²) in [6, 6.07) is 15.8. The van der Waals surface area contributed by atoms with Crippen LogP contribution in [-0.2, 0) is 39.9 Å². The number of benzene rings is 2. The van der Waals surface area contributed by atoms with Gasteiger partial charge in [0.2, 0.25) is 0 Å². The topological polar surface area (TPSA) is 101 Å². The van der Waals surface area contributed by atoms with Crippen molar-refractivity contribution in [3.63, 3.8) is 0 Å². The van der Waals surface area contributed by atoms with Gasteiger partial charge in [-0.1, -0.05) is 48.0 Å². The first-order valence-electron chi connectivity index (χ1n) is 10.5. The van der Waals surface area contributed by atoms with Crippen molar-refractivity contribution in [2.45, 2.75) is 68.8 Å². The highest BCUT2D eigenvalue weighted by Crippen LogP contribution is 2.40. The molecule has 0 radical (unpaired) electrons. The first kappa shape index (κ1) is 23.3. The summed E-state index contributed by atoms with van der Waals surface area (Å²) in [6.07, 6.45) is -4.15. The molecule has 2 heterocycles. The van der Waals surface area contributed by atoms with Crippen molar-refractivity contribution in [3.05, 3.63) is 65.7 Å². The van der Waals surface area contributed by atoms with Crippen LogP contribution in [0.4, 0.5) is 0 Å². The molecule has 0 bridgehead atoms. The maximum atomic E-state index is 12.5. The molecular weight excluding hydrogens is 436 g/mol. The molecular formula is C23H28O8S. The molecule has 2 saturated heterocycles. The third-order valence-corrected chi connectivity index (χ3v) is 6.69. The number of aliphatic hydroxyl groups is 1. The predicted molar refractivity (Wildman–Crippen MR) is 114 cm³/mol. The Bertz CT molecular complexity index is 1010. The van der Waals surface area contributed by atoms with Gasteiger partial charge in [0.1, 0.15) is 24.4 Å². The zero-order valence-corrected chi connectivity index (χ0v) is 19.0. The minimum Gasteiger partial charge on any atom is -0.388 e. The molecule has 2 aromatic rings. The number of aliphatic hydroxyl groups excluding tert-OH is 1. The van der Waals surface area contributed by atoms with Crippen molar-refractivity contribution in [2.75, 3.05) is 6.61 Å². The van der Waals surface area contributed by atoms with Crippen molar-refractivity contribution in [3.8, 4) is 0 Å². The van der Waals surface area contributed by atoms with Crippen molar-refractivity contribution in [1.29, 1.82) is 0 Å². The fraction of sp³-hybridized carbons (Fsp3) is 0.478. The predicted octanol–water partition coefficient (Wildman–Crippen LogP) is 2.52. The van der Waals surface area contributed by atoms with Crippen molar-refractivity contribution < 1.29 is 36.7 Å². The molecule has 0 saturated carbocycles. The Morgan fingerprint density at radius 1 is 1.06 bits per heavy atom. The molecule has 8 nitrogen and oxygen atoms in total.